The quantitative estimate of drug-likeness (QED) is 0.653. The Morgan fingerprint density at radius 1 is 1.27 bits per heavy atom. The van der Waals surface area contributed by atoms with Gasteiger partial charge in [-0.25, -0.2) is 4.79 Å². The second-order valence-corrected chi connectivity index (χ2v) is 8.14. The molecule has 4 unspecified atom stereocenters. The zero-order chi connectivity index (χ0) is 19.5. The molecule has 0 aromatic carbocycles. The molecule has 0 saturated heterocycles. The number of hydrogen-bond donors (Lipinski definition) is 1. The molecule has 2 saturated carbocycles. The summed E-state index contributed by atoms with van der Waals surface area (Å²) in [5, 5.41) is 8.71. The van der Waals surface area contributed by atoms with Crippen LogP contribution >= 0.6 is 0 Å². The van der Waals surface area contributed by atoms with Crippen molar-refractivity contribution in [2.24, 2.45) is 23.7 Å². The van der Waals surface area contributed by atoms with Gasteiger partial charge in [-0.1, -0.05) is 26.7 Å². The molecule has 0 heterocycles. The zero-order valence-corrected chi connectivity index (χ0v) is 15.4. The molecule has 2 fully saturated rings. The molecule has 0 amide bonds. The van der Waals surface area contributed by atoms with Crippen LogP contribution in [-0.2, 0) is 19.1 Å². The maximum atomic E-state index is 13.8. The maximum absolute atomic E-state index is 13.8. The number of carboxylic acids is 1. The Labute approximate surface area is 152 Å². The minimum Gasteiger partial charge on any atom is -0.477 e. The Kier molecular flexibility index (Phi) is 6.74. The fraction of sp³-hybridized carbons (Fsp3) is 0.842. The lowest BCUT2D eigenvalue weighted by atomic mass is 9.66. The third-order valence-electron chi connectivity index (χ3n) is 5.55. The van der Waals surface area contributed by atoms with Crippen molar-refractivity contribution in [1.29, 1.82) is 0 Å². The first-order chi connectivity index (χ1) is 12.1. The van der Waals surface area contributed by atoms with E-state index in [1.165, 1.54) is 0 Å². The summed E-state index contributed by atoms with van der Waals surface area (Å²) in [7, 11) is 0. The number of carbonyl (C=O) groups is 3. The molecule has 0 aliphatic heterocycles. The highest BCUT2D eigenvalue weighted by atomic mass is 19.3. The number of halogens is 2. The van der Waals surface area contributed by atoms with Crippen LogP contribution in [-0.4, -0.2) is 34.9 Å². The van der Waals surface area contributed by atoms with E-state index in [1.807, 2.05) is 0 Å². The largest absolute Gasteiger partial charge is 0.477 e. The van der Waals surface area contributed by atoms with Crippen molar-refractivity contribution >= 4 is 17.7 Å². The van der Waals surface area contributed by atoms with Crippen LogP contribution in [0.4, 0.5) is 8.78 Å². The lowest BCUT2D eigenvalue weighted by molar-refractivity contribution is -0.195. The van der Waals surface area contributed by atoms with Crippen LogP contribution in [0.25, 0.3) is 0 Å². The van der Waals surface area contributed by atoms with E-state index in [9.17, 15) is 23.2 Å². The molecule has 2 bridgehead atoms. The minimum atomic E-state index is -4.13. The van der Waals surface area contributed by atoms with Gasteiger partial charge in [-0.15, -0.1) is 0 Å². The van der Waals surface area contributed by atoms with E-state index in [0.717, 1.165) is 32.1 Å². The number of hydrogen-bond acceptors (Lipinski definition) is 4. The Morgan fingerprint density at radius 3 is 2.58 bits per heavy atom. The number of ether oxygens (including phenoxy) is 1. The van der Waals surface area contributed by atoms with Gasteiger partial charge in [0.25, 0.3) is 0 Å². The molecule has 4 atom stereocenters. The molecule has 2 aliphatic carbocycles. The van der Waals surface area contributed by atoms with Gasteiger partial charge in [0.2, 0.25) is 0 Å². The summed E-state index contributed by atoms with van der Waals surface area (Å²) in [6.07, 6.45) is 2.68. The van der Waals surface area contributed by atoms with Crippen LogP contribution in [0.3, 0.4) is 0 Å². The van der Waals surface area contributed by atoms with E-state index in [0.29, 0.717) is 5.92 Å². The monoisotopic (exact) mass is 374 g/mol. The van der Waals surface area contributed by atoms with Gasteiger partial charge in [-0.3, -0.25) is 9.59 Å². The second kappa shape index (κ2) is 8.44. The van der Waals surface area contributed by atoms with Crippen LogP contribution in [0, 0.1) is 23.7 Å². The van der Waals surface area contributed by atoms with Crippen molar-refractivity contribution in [1.82, 2.24) is 0 Å². The first-order valence-corrected chi connectivity index (χ1v) is 9.45. The highest BCUT2D eigenvalue weighted by Gasteiger charge is 2.50. The van der Waals surface area contributed by atoms with Gasteiger partial charge in [0, 0.05) is 18.3 Å². The molecule has 5 nitrogen and oxygen atoms in total. The predicted molar refractivity (Wildman–Crippen MR) is 89.7 cm³/mol. The first kappa shape index (κ1) is 20.8. The highest BCUT2D eigenvalue weighted by molar-refractivity contribution is 5.85. The van der Waals surface area contributed by atoms with Crippen LogP contribution in [0.2, 0.25) is 0 Å². The molecular formula is C19H28F2O5. The average Bonchev–Trinajstić information content (AvgIpc) is 2.56. The number of aliphatic carboxylic acids is 1. The fourth-order valence-electron chi connectivity index (χ4n) is 4.22. The second-order valence-electron chi connectivity index (χ2n) is 8.14. The topological polar surface area (TPSA) is 80.7 Å². The van der Waals surface area contributed by atoms with Gasteiger partial charge in [0.15, 0.2) is 6.10 Å². The molecule has 7 heteroatoms. The Hall–Kier alpha value is -1.53. The summed E-state index contributed by atoms with van der Waals surface area (Å²) >= 11 is 0. The van der Waals surface area contributed by atoms with E-state index in [1.54, 1.807) is 13.8 Å². The summed E-state index contributed by atoms with van der Waals surface area (Å²) < 4.78 is 32.5. The Morgan fingerprint density at radius 2 is 1.96 bits per heavy atom. The summed E-state index contributed by atoms with van der Waals surface area (Å²) in [6, 6.07) is 0. The third-order valence-corrected chi connectivity index (χ3v) is 5.55. The molecule has 1 N–H and O–H groups in total. The van der Waals surface area contributed by atoms with Crippen LogP contribution in [0.5, 0.6) is 0 Å². The first-order valence-electron chi connectivity index (χ1n) is 9.45. The smallest absolute Gasteiger partial charge is 0.378 e. The summed E-state index contributed by atoms with van der Waals surface area (Å²) in [6.45, 7) is 3.30. The molecule has 0 aromatic rings. The number of rotatable bonds is 8. The van der Waals surface area contributed by atoms with Crippen LogP contribution in [0.15, 0.2) is 0 Å². The number of esters is 1. The van der Waals surface area contributed by atoms with Crippen molar-refractivity contribution in [2.45, 2.75) is 77.2 Å². The predicted octanol–water partition coefficient (Wildman–Crippen LogP) is 3.84. The maximum Gasteiger partial charge on any atom is 0.378 e. The summed E-state index contributed by atoms with van der Waals surface area (Å²) in [4.78, 5) is 35.3. The molecular weight excluding hydrogens is 346 g/mol. The zero-order valence-electron chi connectivity index (χ0n) is 15.4. The fourth-order valence-corrected chi connectivity index (χ4v) is 4.22. The van der Waals surface area contributed by atoms with Crippen LogP contribution in [0.1, 0.15) is 65.2 Å². The average molecular weight is 374 g/mol. The molecule has 0 radical (unpaired) electrons. The summed E-state index contributed by atoms with van der Waals surface area (Å²) in [5.41, 5.74) is 0. The molecule has 148 valence electrons. The van der Waals surface area contributed by atoms with Gasteiger partial charge < -0.3 is 9.84 Å². The lowest BCUT2D eigenvalue weighted by Crippen LogP contribution is -2.45. The van der Waals surface area contributed by atoms with Crippen LogP contribution < -0.4 is 0 Å². The van der Waals surface area contributed by atoms with E-state index in [-0.39, 0.29) is 42.8 Å². The molecule has 0 spiro atoms. The van der Waals surface area contributed by atoms with E-state index < -0.39 is 24.0 Å². The van der Waals surface area contributed by atoms with Crippen molar-refractivity contribution in [3.8, 4) is 0 Å². The Bertz CT molecular complexity index is 546. The van der Waals surface area contributed by atoms with Crippen molar-refractivity contribution in [3.05, 3.63) is 0 Å². The number of Topliss-reactive ketones (excluding diaryl/α,β-unsaturated/α-hetero) is 1. The number of alkyl halides is 2. The van der Waals surface area contributed by atoms with Gasteiger partial charge in [0.1, 0.15) is 5.78 Å². The van der Waals surface area contributed by atoms with E-state index in [4.69, 9.17) is 9.84 Å². The van der Waals surface area contributed by atoms with Gasteiger partial charge in [-0.2, -0.15) is 8.78 Å². The summed E-state index contributed by atoms with van der Waals surface area (Å²) in [5.74, 6) is -6.98. The normalized spacial score (nSPS) is 27.3. The van der Waals surface area contributed by atoms with Crippen molar-refractivity contribution in [3.63, 3.8) is 0 Å². The lowest BCUT2D eigenvalue weighted by Gasteiger charge is -2.37. The van der Waals surface area contributed by atoms with E-state index in [2.05, 4.69) is 0 Å². The molecule has 0 aromatic heterocycles. The third kappa shape index (κ3) is 5.01. The highest BCUT2D eigenvalue weighted by Crippen LogP contribution is 2.41. The SMILES string of the molecule is CC(C)CC(OC(=O)CCC1CC2CCCC(C2)C1=O)C(F)(F)C(=O)O. The number of carbonyl (C=O) groups excluding carboxylic acids is 2. The number of carboxylic acid groups (broad SMARTS) is 1. The standard InChI is InChI=1S/C19H28F2O5/c1-11(2)8-15(19(20,21)18(24)25)26-16(22)7-6-14-10-12-4-3-5-13(9-12)17(14)23/h11-15H,3-10H2,1-2H3,(H,24,25). The molecule has 26 heavy (non-hydrogen) atoms. The van der Waals surface area contributed by atoms with Crippen molar-refractivity contribution in [2.75, 3.05) is 0 Å². The molecule has 2 aliphatic rings. The molecule has 2 rings (SSSR count). The number of fused-ring (bicyclic) bond motifs is 2. The Balaban J connectivity index is 1.91. The van der Waals surface area contributed by atoms with Gasteiger partial charge in [0.05, 0.1) is 0 Å². The minimum absolute atomic E-state index is 0.0774. The number of ketones is 1. The van der Waals surface area contributed by atoms with E-state index >= 15 is 0 Å². The van der Waals surface area contributed by atoms with Gasteiger partial charge in [-0.05, 0) is 43.9 Å². The van der Waals surface area contributed by atoms with Crippen molar-refractivity contribution < 1.29 is 33.0 Å². The van der Waals surface area contributed by atoms with Gasteiger partial charge >= 0.3 is 17.9 Å².